The Kier molecular flexibility index (Phi) is 9.42. The Morgan fingerprint density at radius 3 is 2.68 bits per heavy atom. The summed E-state index contributed by atoms with van der Waals surface area (Å²) in [4.78, 5) is 31.4. The van der Waals surface area contributed by atoms with Gasteiger partial charge in [0.2, 0.25) is 5.91 Å². The van der Waals surface area contributed by atoms with Gasteiger partial charge >= 0.3 is 5.97 Å². The number of pyridine rings is 1. The normalized spacial score (nSPS) is 21.2. The number of carboxylic acids is 1. The minimum absolute atomic E-state index is 0.0801. The molecule has 7 nitrogen and oxygen atoms in total. The molecule has 0 radical (unpaired) electrons. The fraction of sp³-hybridized carbons (Fsp3) is 0.567. The number of hydrogen-bond acceptors (Lipinski definition) is 5. The summed E-state index contributed by atoms with van der Waals surface area (Å²) in [7, 11) is 0. The fourth-order valence-corrected chi connectivity index (χ4v) is 6.26. The van der Waals surface area contributed by atoms with Gasteiger partial charge in [0.25, 0.3) is 0 Å². The third-order valence-corrected chi connectivity index (χ3v) is 8.37. The van der Waals surface area contributed by atoms with Crippen LogP contribution in [0, 0.1) is 17.8 Å². The Labute approximate surface area is 221 Å². The van der Waals surface area contributed by atoms with E-state index < -0.39 is 5.97 Å². The Balaban J connectivity index is 1.27. The van der Waals surface area contributed by atoms with Crippen LogP contribution in [0.5, 0.6) is 0 Å². The predicted octanol–water partition coefficient (Wildman–Crippen LogP) is 4.72. The number of amides is 1. The summed E-state index contributed by atoms with van der Waals surface area (Å²) in [5.74, 6) is 1.10. The highest BCUT2D eigenvalue weighted by molar-refractivity contribution is 5.76. The number of hydrogen-bond donors (Lipinski definition) is 3. The van der Waals surface area contributed by atoms with Crippen LogP contribution in [0.15, 0.2) is 48.7 Å². The number of rotatable bonds is 10. The number of piperidine rings is 1. The van der Waals surface area contributed by atoms with Crippen LogP contribution < -0.4 is 10.6 Å². The van der Waals surface area contributed by atoms with Gasteiger partial charge in [0, 0.05) is 50.4 Å². The molecule has 1 fully saturated rings. The molecule has 200 valence electrons. The second kappa shape index (κ2) is 12.9. The second-order valence-electron chi connectivity index (χ2n) is 10.7. The number of carbonyl (C=O) groups is 2. The first-order chi connectivity index (χ1) is 18.0. The molecule has 1 aromatic rings. The molecular weight excluding hydrogens is 464 g/mol. The molecule has 0 aromatic carbocycles. The van der Waals surface area contributed by atoms with Gasteiger partial charge in [-0.05, 0) is 92.4 Å². The largest absolute Gasteiger partial charge is 0.481 e. The van der Waals surface area contributed by atoms with E-state index in [1.165, 1.54) is 18.4 Å². The molecule has 4 heterocycles. The molecule has 2 atom stereocenters. The van der Waals surface area contributed by atoms with Gasteiger partial charge in [0.1, 0.15) is 5.82 Å². The Morgan fingerprint density at radius 2 is 1.95 bits per heavy atom. The molecule has 2 unspecified atom stereocenters. The third-order valence-electron chi connectivity index (χ3n) is 8.37. The number of aliphatic carboxylic acids is 1. The summed E-state index contributed by atoms with van der Waals surface area (Å²) in [5.41, 5.74) is 4.44. The highest BCUT2D eigenvalue weighted by Crippen LogP contribution is 2.38. The Hall–Kier alpha value is -3.09. The number of nitrogens with one attached hydrogen (secondary N) is 2. The second-order valence-corrected chi connectivity index (χ2v) is 10.7. The van der Waals surface area contributed by atoms with Crippen LogP contribution in [0.25, 0.3) is 0 Å². The molecule has 1 aromatic heterocycles. The molecule has 7 heteroatoms. The highest BCUT2D eigenvalue weighted by atomic mass is 16.4. The molecule has 1 amide bonds. The minimum Gasteiger partial charge on any atom is -0.481 e. The Morgan fingerprint density at radius 1 is 1.14 bits per heavy atom. The molecule has 4 rings (SSSR count). The first kappa shape index (κ1) is 27.0. The molecule has 1 saturated heterocycles. The summed E-state index contributed by atoms with van der Waals surface area (Å²) < 4.78 is 0. The molecule has 0 saturated carbocycles. The lowest BCUT2D eigenvalue weighted by molar-refractivity contribution is -0.140. The molecule has 3 aliphatic rings. The third kappa shape index (κ3) is 7.02. The summed E-state index contributed by atoms with van der Waals surface area (Å²) in [6.45, 7) is 11.0. The lowest BCUT2D eigenvalue weighted by Gasteiger charge is -2.40. The van der Waals surface area contributed by atoms with Crippen molar-refractivity contribution in [2.45, 2.75) is 64.2 Å². The van der Waals surface area contributed by atoms with E-state index in [1.807, 2.05) is 17.1 Å². The fourth-order valence-electron chi connectivity index (χ4n) is 6.26. The zero-order valence-electron chi connectivity index (χ0n) is 22.0. The summed E-state index contributed by atoms with van der Waals surface area (Å²) >= 11 is 0. The van der Waals surface area contributed by atoms with Gasteiger partial charge in [0.15, 0.2) is 0 Å². The maximum absolute atomic E-state index is 12.9. The first-order valence-electron chi connectivity index (χ1n) is 13.9. The maximum atomic E-state index is 12.9. The molecular formula is C30H42N4O3. The number of carbonyl (C=O) groups excluding carboxylic acids is 1. The van der Waals surface area contributed by atoms with Gasteiger partial charge in [-0.1, -0.05) is 25.3 Å². The van der Waals surface area contributed by atoms with Gasteiger partial charge < -0.3 is 20.6 Å². The number of allylic oxidation sites excluding steroid dienone is 3. The van der Waals surface area contributed by atoms with Gasteiger partial charge in [-0.3, -0.25) is 9.59 Å². The molecule has 3 aliphatic heterocycles. The van der Waals surface area contributed by atoms with Crippen molar-refractivity contribution in [2.24, 2.45) is 17.8 Å². The van der Waals surface area contributed by atoms with Crippen molar-refractivity contribution in [3.8, 4) is 0 Å². The van der Waals surface area contributed by atoms with Gasteiger partial charge in [-0.25, -0.2) is 4.98 Å². The summed E-state index contributed by atoms with van der Waals surface area (Å²) in [6, 6.07) is 4.29. The average molecular weight is 507 g/mol. The van der Waals surface area contributed by atoms with E-state index in [0.29, 0.717) is 25.4 Å². The maximum Gasteiger partial charge on any atom is 0.303 e. The highest BCUT2D eigenvalue weighted by Gasteiger charge is 2.36. The van der Waals surface area contributed by atoms with Gasteiger partial charge in [0.05, 0.1) is 0 Å². The standard InChI is InChI=1S/C30H42N4O3/c1-3-21-18-24(20-32-27(21)4-2)26(19-29(36)37)22-13-16-34(17-14-22)28(35)10-7-9-25-12-11-23-8-5-6-15-31-30(23)33-25/h3-4,11-12,22,24,26,32H,1-2,5-10,13-20H2,(H,31,33)(H,36,37). The number of likely N-dealkylation sites (tertiary alicyclic amines) is 1. The van der Waals surface area contributed by atoms with Crippen molar-refractivity contribution in [1.82, 2.24) is 15.2 Å². The van der Waals surface area contributed by atoms with Crippen molar-refractivity contribution in [3.05, 3.63) is 60.0 Å². The molecule has 3 N–H and O–H groups in total. The molecule has 37 heavy (non-hydrogen) atoms. The first-order valence-corrected chi connectivity index (χ1v) is 13.9. The van der Waals surface area contributed by atoms with E-state index in [2.05, 4.69) is 35.9 Å². The zero-order chi connectivity index (χ0) is 26.2. The van der Waals surface area contributed by atoms with Crippen molar-refractivity contribution in [1.29, 1.82) is 0 Å². The van der Waals surface area contributed by atoms with E-state index in [1.54, 1.807) is 0 Å². The predicted molar refractivity (Wildman–Crippen MR) is 147 cm³/mol. The Bertz CT molecular complexity index is 1030. The molecule has 0 spiro atoms. The summed E-state index contributed by atoms with van der Waals surface area (Å²) in [6.07, 6.45) is 12.0. The summed E-state index contributed by atoms with van der Waals surface area (Å²) in [5, 5.41) is 16.5. The molecule has 0 aliphatic carbocycles. The minimum atomic E-state index is -0.747. The van der Waals surface area contributed by atoms with Crippen LogP contribution in [-0.2, 0) is 22.4 Å². The van der Waals surface area contributed by atoms with Crippen molar-refractivity contribution in [2.75, 3.05) is 31.5 Å². The van der Waals surface area contributed by atoms with E-state index in [-0.39, 0.29) is 24.2 Å². The average Bonchev–Trinajstić information content (AvgIpc) is 3.16. The smallest absolute Gasteiger partial charge is 0.303 e. The van der Waals surface area contributed by atoms with E-state index in [9.17, 15) is 14.7 Å². The SMILES string of the molecule is C=CC1=C(C=C)NCC(C(CC(=O)O)C2CCN(C(=O)CCCc3ccc4c(n3)NCCCC4)CC2)C1. The lowest BCUT2D eigenvalue weighted by atomic mass is 9.71. The van der Waals surface area contributed by atoms with Crippen molar-refractivity contribution < 1.29 is 14.7 Å². The van der Waals surface area contributed by atoms with Crippen LogP contribution in [0.4, 0.5) is 5.82 Å². The quantitative estimate of drug-likeness (QED) is 0.425. The van der Waals surface area contributed by atoms with Gasteiger partial charge in [-0.15, -0.1) is 0 Å². The zero-order valence-corrected chi connectivity index (χ0v) is 22.0. The van der Waals surface area contributed by atoms with Crippen LogP contribution in [0.2, 0.25) is 0 Å². The number of nitrogens with zero attached hydrogens (tertiary/aromatic N) is 2. The van der Waals surface area contributed by atoms with Crippen LogP contribution in [0.3, 0.4) is 0 Å². The van der Waals surface area contributed by atoms with Crippen molar-refractivity contribution >= 4 is 17.7 Å². The van der Waals surface area contributed by atoms with E-state index in [0.717, 1.165) is 74.4 Å². The monoisotopic (exact) mass is 506 g/mol. The van der Waals surface area contributed by atoms with Crippen LogP contribution >= 0.6 is 0 Å². The van der Waals surface area contributed by atoms with Crippen molar-refractivity contribution in [3.63, 3.8) is 0 Å². The molecule has 0 bridgehead atoms. The van der Waals surface area contributed by atoms with Gasteiger partial charge in [-0.2, -0.15) is 0 Å². The number of aryl methyl sites for hydroxylation is 2. The number of fused-ring (bicyclic) bond motifs is 1. The van der Waals surface area contributed by atoms with E-state index in [4.69, 9.17) is 4.98 Å². The van der Waals surface area contributed by atoms with E-state index >= 15 is 0 Å². The van der Waals surface area contributed by atoms with Crippen LogP contribution in [0.1, 0.15) is 62.6 Å². The van der Waals surface area contributed by atoms with Crippen LogP contribution in [-0.4, -0.2) is 53.0 Å². The number of carboxylic acid groups (broad SMARTS) is 1. The number of anilines is 1. The number of aromatic nitrogens is 1. The lowest BCUT2D eigenvalue weighted by Crippen LogP contribution is -2.43. The topological polar surface area (TPSA) is 94.6 Å².